The summed E-state index contributed by atoms with van der Waals surface area (Å²) in [6.07, 6.45) is 2.62. The number of aromatic nitrogens is 4. The Labute approximate surface area is 169 Å². The number of imidazole rings is 1. The van der Waals surface area contributed by atoms with Gasteiger partial charge in [-0.25, -0.2) is 15.0 Å². The lowest BCUT2D eigenvalue weighted by Crippen LogP contribution is -2.17. The quantitative estimate of drug-likeness (QED) is 0.494. The van der Waals surface area contributed by atoms with Crippen molar-refractivity contribution < 1.29 is 5.11 Å². The number of hydrogen-bond acceptors (Lipinski definition) is 5. The summed E-state index contributed by atoms with van der Waals surface area (Å²) in [4.78, 5) is 16.9. The number of benzene rings is 2. The minimum absolute atomic E-state index is 0.0392. The molecule has 0 unspecified atom stereocenters. The van der Waals surface area contributed by atoms with Crippen LogP contribution in [0.4, 0.5) is 5.82 Å². The van der Waals surface area contributed by atoms with E-state index in [1.54, 1.807) is 0 Å². The van der Waals surface area contributed by atoms with Crippen molar-refractivity contribution in [1.29, 1.82) is 0 Å². The van der Waals surface area contributed by atoms with Crippen molar-refractivity contribution in [2.75, 3.05) is 5.32 Å². The lowest BCUT2D eigenvalue weighted by Gasteiger charge is -2.12. The minimum Gasteiger partial charge on any atom is -0.393 e. The van der Waals surface area contributed by atoms with Gasteiger partial charge in [-0.15, -0.1) is 0 Å². The van der Waals surface area contributed by atoms with Crippen molar-refractivity contribution in [1.82, 2.24) is 19.9 Å². The second kappa shape index (κ2) is 7.29. The molecule has 5 rings (SSSR count). The fraction of sp³-hybridized carbons (Fsp3) is 0.217. The predicted octanol–water partition coefficient (Wildman–Crippen LogP) is 4.07. The second-order valence-corrected chi connectivity index (χ2v) is 7.56. The van der Waals surface area contributed by atoms with E-state index in [-0.39, 0.29) is 18.1 Å². The molecule has 6 nitrogen and oxygen atoms in total. The smallest absolute Gasteiger partial charge is 0.163 e. The van der Waals surface area contributed by atoms with Gasteiger partial charge in [0.05, 0.1) is 6.10 Å². The summed E-state index contributed by atoms with van der Waals surface area (Å²) < 4.78 is 0. The number of nitrogens with one attached hydrogen (secondary N) is 2. The molecule has 4 aromatic rings. The van der Waals surface area contributed by atoms with Gasteiger partial charge < -0.3 is 15.4 Å². The van der Waals surface area contributed by atoms with Crippen molar-refractivity contribution in [3.8, 4) is 22.5 Å². The van der Waals surface area contributed by atoms with Crippen LogP contribution in [-0.4, -0.2) is 37.2 Å². The van der Waals surface area contributed by atoms with Gasteiger partial charge >= 0.3 is 0 Å². The van der Waals surface area contributed by atoms with E-state index in [0.29, 0.717) is 23.4 Å². The Morgan fingerprint density at radius 2 is 1.72 bits per heavy atom. The molecule has 0 spiro atoms. The Morgan fingerprint density at radius 1 is 0.966 bits per heavy atom. The third-order valence-corrected chi connectivity index (χ3v) is 5.55. The third kappa shape index (κ3) is 3.36. The van der Waals surface area contributed by atoms with Crippen LogP contribution in [-0.2, 0) is 0 Å². The molecular weight excluding hydrogens is 362 g/mol. The lowest BCUT2D eigenvalue weighted by atomic mass is 9.99. The Balaban J connectivity index is 1.54. The van der Waals surface area contributed by atoms with Crippen LogP contribution in [0.1, 0.15) is 12.8 Å². The van der Waals surface area contributed by atoms with Crippen LogP contribution in [0.3, 0.4) is 0 Å². The summed E-state index contributed by atoms with van der Waals surface area (Å²) in [5, 5.41) is 13.4. The zero-order valence-electron chi connectivity index (χ0n) is 15.9. The van der Waals surface area contributed by atoms with Crippen LogP contribution in [0.5, 0.6) is 0 Å². The van der Waals surface area contributed by atoms with Crippen molar-refractivity contribution >= 4 is 17.0 Å². The molecule has 1 saturated carbocycles. The highest BCUT2D eigenvalue weighted by atomic mass is 16.3. The molecule has 145 valence electrons. The van der Waals surface area contributed by atoms with Gasteiger partial charge in [-0.05, 0) is 36.8 Å². The zero-order chi connectivity index (χ0) is 19.8. The molecule has 29 heavy (non-hydrogen) atoms. The molecule has 1 radical (unpaired) electrons. The van der Waals surface area contributed by atoms with Gasteiger partial charge in [-0.3, -0.25) is 0 Å². The van der Waals surface area contributed by atoms with Crippen LogP contribution in [0.25, 0.3) is 33.7 Å². The first-order chi connectivity index (χ1) is 14.2. The van der Waals surface area contributed by atoms with Gasteiger partial charge in [0.1, 0.15) is 12.2 Å². The molecule has 0 saturated heterocycles. The maximum Gasteiger partial charge on any atom is 0.163 e. The zero-order valence-corrected chi connectivity index (χ0v) is 15.9. The maximum atomic E-state index is 9.99. The first kappa shape index (κ1) is 17.8. The largest absolute Gasteiger partial charge is 0.393 e. The fourth-order valence-electron chi connectivity index (χ4n) is 4.03. The summed E-state index contributed by atoms with van der Waals surface area (Å²) in [6, 6.07) is 18.6. The Kier molecular flexibility index (Phi) is 4.48. The average molecular weight is 384 g/mol. The molecule has 6 heteroatoms. The van der Waals surface area contributed by atoms with Crippen LogP contribution in [0.2, 0.25) is 0 Å². The van der Waals surface area contributed by atoms with Crippen molar-refractivity contribution in [2.45, 2.75) is 25.0 Å². The van der Waals surface area contributed by atoms with Gasteiger partial charge in [0.25, 0.3) is 0 Å². The molecule has 2 aromatic heterocycles. The fourth-order valence-corrected chi connectivity index (χ4v) is 4.03. The van der Waals surface area contributed by atoms with Crippen molar-refractivity contribution in [2.24, 2.45) is 5.92 Å². The number of fused-ring (bicyclic) bond motifs is 1. The Morgan fingerprint density at radius 3 is 2.48 bits per heavy atom. The van der Waals surface area contributed by atoms with E-state index in [4.69, 9.17) is 4.98 Å². The first-order valence-corrected chi connectivity index (χ1v) is 9.82. The number of rotatable bonds is 4. The summed E-state index contributed by atoms with van der Waals surface area (Å²) in [5.74, 6) is 1.47. The van der Waals surface area contributed by atoms with E-state index in [9.17, 15) is 5.11 Å². The van der Waals surface area contributed by atoms with Crippen LogP contribution >= 0.6 is 0 Å². The number of aliphatic hydroxyl groups is 1. The van der Waals surface area contributed by atoms with Crippen molar-refractivity contribution in [3.63, 3.8) is 0 Å². The number of H-pyrrole nitrogens is 1. The highest BCUT2D eigenvalue weighted by molar-refractivity contribution is 5.88. The van der Waals surface area contributed by atoms with Crippen molar-refractivity contribution in [3.05, 3.63) is 67.8 Å². The number of nitrogens with zero attached hydrogens (tertiary/aromatic N) is 3. The van der Waals surface area contributed by atoms with Gasteiger partial charge in [0.2, 0.25) is 0 Å². The molecule has 0 bridgehead atoms. The maximum absolute atomic E-state index is 9.99. The highest BCUT2D eigenvalue weighted by Crippen LogP contribution is 2.33. The van der Waals surface area contributed by atoms with E-state index in [1.165, 1.54) is 6.33 Å². The third-order valence-electron chi connectivity index (χ3n) is 5.55. The van der Waals surface area contributed by atoms with E-state index < -0.39 is 0 Å². The SMILES string of the molecule is [CH2][C@H]1C[C@@H](Nc2ncnc3[nH]c(-c4ccccc4-c4ccccc4)nc23)C[C@@H]1O. The number of aromatic amines is 1. The van der Waals surface area contributed by atoms with Gasteiger partial charge in [-0.2, -0.15) is 0 Å². The molecule has 1 aliphatic rings. The summed E-state index contributed by atoms with van der Waals surface area (Å²) in [5.41, 5.74) is 4.64. The predicted molar refractivity (Wildman–Crippen MR) is 114 cm³/mol. The monoisotopic (exact) mass is 384 g/mol. The van der Waals surface area contributed by atoms with E-state index in [0.717, 1.165) is 28.9 Å². The van der Waals surface area contributed by atoms with Gasteiger partial charge in [0.15, 0.2) is 17.0 Å². The van der Waals surface area contributed by atoms with E-state index >= 15 is 0 Å². The summed E-state index contributed by atoms with van der Waals surface area (Å²) in [6.45, 7) is 4.01. The first-order valence-electron chi connectivity index (χ1n) is 9.82. The standard InChI is InChI=1S/C23H22N5O/c1-14-11-16(12-19(14)29)26-22-20-23(25-13-24-22)28-21(27-20)18-10-6-5-9-17(18)15-7-3-2-4-8-15/h2-10,13-14,16,19,29H,1,11-12H2,(H2,24,25,26,27,28)/t14-,16+,19-/m0/s1. The Bertz CT molecular complexity index is 1130. The summed E-state index contributed by atoms with van der Waals surface area (Å²) >= 11 is 0. The van der Waals surface area contributed by atoms with Gasteiger partial charge in [-0.1, -0.05) is 54.6 Å². The van der Waals surface area contributed by atoms with E-state index in [1.807, 2.05) is 30.3 Å². The topological polar surface area (TPSA) is 86.7 Å². The second-order valence-electron chi connectivity index (χ2n) is 7.56. The molecular formula is C23H22N5O. The molecule has 1 aliphatic carbocycles. The molecule has 1 fully saturated rings. The van der Waals surface area contributed by atoms with E-state index in [2.05, 4.69) is 51.5 Å². The number of aliphatic hydroxyl groups excluding tert-OH is 1. The molecule has 0 aliphatic heterocycles. The van der Waals surface area contributed by atoms with Crippen LogP contribution < -0.4 is 5.32 Å². The normalized spacial score (nSPS) is 21.5. The minimum atomic E-state index is -0.377. The van der Waals surface area contributed by atoms with Crippen LogP contribution in [0.15, 0.2) is 60.9 Å². The lowest BCUT2D eigenvalue weighted by molar-refractivity contribution is 0.151. The number of anilines is 1. The summed E-state index contributed by atoms with van der Waals surface area (Å²) in [7, 11) is 0. The number of hydrogen-bond donors (Lipinski definition) is 3. The average Bonchev–Trinajstić information content (AvgIpc) is 3.32. The molecule has 3 N–H and O–H groups in total. The highest BCUT2D eigenvalue weighted by Gasteiger charge is 2.30. The molecule has 0 amide bonds. The molecule has 2 aromatic carbocycles. The molecule has 3 atom stereocenters. The van der Waals surface area contributed by atoms with Crippen LogP contribution in [0, 0.1) is 12.8 Å². The Hall–Kier alpha value is -3.25. The van der Waals surface area contributed by atoms with Gasteiger partial charge in [0, 0.05) is 11.6 Å². The molecule has 2 heterocycles.